The van der Waals surface area contributed by atoms with Gasteiger partial charge in [0.25, 0.3) is 0 Å². The minimum atomic E-state index is -0.429. The first kappa shape index (κ1) is 12.7. The monoisotopic (exact) mass is 251 g/mol. The van der Waals surface area contributed by atoms with Crippen LogP contribution in [0.2, 0.25) is 0 Å². The van der Waals surface area contributed by atoms with Crippen LogP contribution in [-0.2, 0) is 13.0 Å². The highest BCUT2D eigenvalue weighted by Gasteiger charge is 2.05. The summed E-state index contributed by atoms with van der Waals surface area (Å²) in [5, 5.41) is 3.03. The molecule has 0 saturated carbocycles. The Bertz CT molecular complexity index is 523. The predicted octanol–water partition coefficient (Wildman–Crippen LogP) is 1.97. The van der Waals surface area contributed by atoms with Crippen LogP contribution in [0.4, 0.5) is 8.78 Å². The lowest BCUT2D eigenvalue weighted by molar-refractivity contribution is 0.577. The lowest BCUT2D eigenvalue weighted by atomic mass is 10.2. The van der Waals surface area contributed by atoms with E-state index in [0.29, 0.717) is 5.56 Å². The minimum Gasteiger partial charge on any atom is -0.333 e. The van der Waals surface area contributed by atoms with Crippen LogP contribution >= 0.6 is 0 Å². The third-order valence-electron chi connectivity index (χ3n) is 2.68. The van der Waals surface area contributed by atoms with E-state index in [-0.39, 0.29) is 6.54 Å². The molecule has 0 radical (unpaired) electrons. The summed E-state index contributed by atoms with van der Waals surface area (Å²) in [5.41, 5.74) is 1.26. The van der Waals surface area contributed by atoms with Gasteiger partial charge in [0, 0.05) is 24.7 Å². The lowest BCUT2D eigenvalue weighted by Gasteiger charge is -2.04. The quantitative estimate of drug-likeness (QED) is 0.880. The first-order chi connectivity index (χ1) is 8.69. The Kier molecular flexibility index (Phi) is 4.04. The Balaban J connectivity index is 2.08. The number of nitrogens with one attached hydrogen (secondary N) is 1. The van der Waals surface area contributed by atoms with Gasteiger partial charge in [0.15, 0.2) is 0 Å². The molecular formula is C13H15F2N3. The molecule has 0 unspecified atom stereocenters. The summed E-state index contributed by atoms with van der Waals surface area (Å²) in [6.07, 6.45) is 4.30. The summed E-state index contributed by atoms with van der Waals surface area (Å²) in [6, 6.07) is 3.47. The highest BCUT2D eigenvalue weighted by Crippen LogP contribution is 2.11. The van der Waals surface area contributed by atoms with E-state index in [4.69, 9.17) is 0 Å². The Morgan fingerprint density at radius 1 is 1.33 bits per heavy atom. The van der Waals surface area contributed by atoms with Gasteiger partial charge in [-0.25, -0.2) is 13.8 Å². The summed E-state index contributed by atoms with van der Waals surface area (Å²) >= 11 is 0. The number of nitrogens with zero attached hydrogens (tertiary/aromatic N) is 2. The van der Waals surface area contributed by atoms with E-state index in [0.717, 1.165) is 30.8 Å². The van der Waals surface area contributed by atoms with Crippen LogP contribution in [0.3, 0.4) is 0 Å². The average Bonchev–Trinajstić information content (AvgIpc) is 2.79. The van der Waals surface area contributed by atoms with Gasteiger partial charge in [0.2, 0.25) is 0 Å². The fourth-order valence-electron chi connectivity index (χ4n) is 1.74. The molecule has 0 bridgehead atoms. The zero-order valence-electron chi connectivity index (χ0n) is 10.2. The average molecular weight is 251 g/mol. The van der Waals surface area contributed by atoms with Crippen LogP contribution < -0.4 is 5.32 Å². The smallest absolute Gasteiger partial charge is 0.128 e. The van der Waals surface area contributed by atoms with Gasteiger partial charge < -0.3 is 9.88 Å². The van der Waals surface area contributed by atoms with Crippen LogP contribution in [-0.4, -0.2) is 23.1 Å². The van der Waals surface area contributed by atoms with E-state index < -0.39 is 11.6 Å². The third-order valence-corrected chi connectivity index (χ3v) is 2.68. The zero-order chi connectivity index (χ0) is 13.0. The summed E-state index contributed by atoms with van der Waals surface area (Å²) in [6.45, 7) is 1.13. The molecule has 1 aromatic carbocycles. The second kappa shape index (κ2) is 5.73. The molecule has 0 amide bonds. The number of likely N-dealkylation sites (N-methyl/N-ethyl adjacent to an activating group) is 1. The minimum absolute atomic E-state index is 0.288. The largest absolute Gasteiger partial charge is 0.333 e. The van der Waals surface area contributed by atoms with E-state index in [1.165, 1.54) is 6.07 Å². The van der Waals surface area contributed by atoms with E-state index in [2.05, 4.69) is 10.3 Å². The maximum absolute atomic E-state index is 13.5. The molecule has 2 rings (SSSR count). The maximum atomic E-state index is 13.5. The van der Waals surface area contributed by atoms with Gasteiger partial charge >= 0.3 is 0 Å². The number of benzene rings is 1. The number of imidazole rings is 1. The van der Waals surface area contributed by atoms with Crippen molar-refractivity contribution < 1.29 is 8.78 Å². The Morgan fingerprint density at radius 3 is 2.94 bits per heavy atom. The Morgan fingerprint density at radius 2 is 2.17 bits per heavy atom. The van der Waals surface area contributed by atoms with Crippen molar-refractivity contribution in [3.05, 3.63) is 53.6 Å². The van der Waals surface area contributed by atoms with Crippen molar-refractivity contribution in [3.8, 4) is 0 Å². The van der Waals surface area contributed by atoms with Crippen LogP contribution in [0.15, 0.2) is 30.7 Å². The van der Waals surface area contributed by atoms with Crippen molar-refractivity contribution >= 4 is 0 Å². The fourth-order valence-corrected chi connectivity index (χ4v) is 1.74. The molecule has 96 valence electrons. The summed E-state index contributed by atoms with van der Waals surface area (Å²) in [4.78, 5) is 4.21. The molecule has 0 atom stereocenters. The topological polar surface area (TPSA) is 29.9 Å². The second-order valence-corrected chi connectivity index (χ2v) is 4.13. The van der Waals surface area contributed by atoms with Crippen molar-refractivity contribution in [1.82, 2.24) is 14.9 Å². The molecule has 1 N–H and O–H groups in total. The van der Waals surface area contributed by atoms with E-state index in [1.807, 2.05) is 13.2 Å². The number of halogens is 2. The van der Waals surface area contributed by atoms with Gasteiger partial charge in [-0.15, -0.1) is 0 Å². The molecule has 0 aliphatic carbocycles. The van der Waals surface area contributed by atoms with Gasteiger partial charge in [-0.1, -0.05) is 0 Å². The molecule has 2 aromatic rings. The van der Waals surface area contributed by atoms with E-state index in [1.54, 1.807) is 10.9 Å². The van der Waals surface area contributed by atoms with Crippen molar-refractivity contribution in [3.63, 3.8) is 0 Å². The fraction of sp³-hybridized carbons (Fsp3) is 0.308. The van der Waals surface area contributed by atoms with Gasteiger partial charge in [0.1, 0.15) is 11.6 Å². The third kappa shape index (κ3) is 3.13. The molecule has 0 aliphatic heterocycles. The summed E-state index contributed by atoms with van der Waals surface area (Å²) in [7, 11) is 1.87. The molecule has 0 saturated heterocycles. The molecule has 0 aliphatic rings. The number of rotatable bonds is 5. The first-order valence-electron chi connectivity index (χ1n) is 5.78. The van der Waals surface area contributed by atoms with Crippen LogP contribution in [0.5, 0.6) is 0 Å². The van der Waals surface area contributed by atoms with E-state index in [9.17, 15) is 8.78 Å². The van der Waals surface area contributed by atoms with Crippen molar-refractivity contribution in [2.75, 3.05) is 13.6 Å². The van der Waals surface area contributed by atoms with Gasteiger partial charge in [-0.3, -0.25) is 0 Å². The van der Waals surface area contributed by atoms with Crippen LogP contribution in [0, 0.1) is 11.6 Å². The second-order valence-electron chi connectivity index (χ2n) is 4.13. The highest BCUT2D eigenvalue weighted by molar-refractivity contribution is 5.19. The predicted molar refractivity (Wildman–Crippen MR) is 65.3 cm³/mol. The van der Waals surface area contributed by atoms with Crippen LogP contribution in [0.25, 0.3) is 0 Å². The van der Waals surface area contributed by atoms with Gasteiger partial charge in [-0.05, 0) is 25.2 Å². The lowest BCUT2D eigenvalue weighted by Crippen LogP contribution is -2.10. The highest BCUT2D eigenvalue weighted by atomic mass is 19.1. The van der Waals surface area contributed by atoms with Crippen molar-refractivity contribution in [2.45, 2.75) is 13.0 Å². The molecule has 18 heavy (non-hydrogen) atoms. The number of hydrogen-bond acceptors (Lipinski definition) is 2. The zero-order valence-corrected chi connectivity index (χ0v) is 10.2. The van der Waals surface area contributed by atoms with Crippen molar-refractivity contribution in [1.29, 1.82) is 0 Å². The van der Waals surface area contributed by atoms with Crippen LogP contribution in [0.1, 0.15) is 11.3 Å². The molecule has 0 spiro atoms. The Hall–Kier alpha value is -1.75. The number of aromatic nitrogens is 2. The normalized spacial score (nSPS) is 10.8. The van der Waals surface area contributed by atoms with E-state index >= 15 is 0 Å². The Labute approximate surface area is 104 Å². The molecule has 5 heteroatoms. The summed E-state index contributed by atoms with van der Waals surface area (Å²) in [5.74, 6) is -0.830. The standard InChI is InChI=1S/C13H15F2N3/c1-16-5-4-12-8-18(9-17-12)7-10-6-11(14)2-3-13(10)15/h2-3,6,8-9,16H,4-5,7H2,1H3. The SMILES string of the molecule is CNCCc1cn(Cc2cc(F)ccc2F)cn1. The molecule has 0 fully saturated rings. The molecule has 1 aromatic heterocycles. The van der Waals surface area contributed by atoms with Gasteiger partial charge in [0.05, 0.1) is 18.6 Å². The van der Waals surface area contributed by atoms with Gasteiger partial charge in [-0.2, -0.15) is 0 Å². The first-order valence-corrected chi connectivity index (χ1v) is 5.78. The molecular weight excluding hydrogens is 236 g/mol. The maximum Gasteiger partial charge on any atom is 0.128 e. The molecule has 1 heterocycles. The number of hydrogen-bond donors (Lipinski definition) is 1. The molecule has 3 nitrogen and oxygen atoms in total. The van der Waals surface area contributed by atoms with Crippen molar-refractivity contribution in [2.24, 2.45) is 0 Å². The summed E-state index contributed by atoms with van der Waals surface area (Å²) < 4.78 is 28.2.